The number of anilines is 1. The molecule has 28 heavy (non-hydrogen) atoms. The lowest BCUT2D eigenvalue weighted by Gasteiger charge is -2.55. The minimum absolute atomic E-state index is 0.0295. The van der Waals surface area contributed by atoms with Gasteiger partial charge >= 0.3 is 6.18 Å². The molecule has 2 fully saturated rings. The molecule has 2 bridgehead atoms. The van der Waals surface area contributed by atoms with Crippen molar-refractivity contribution in [1.29, 1.82) is 0 Å². The Labute approximate surface area is 161 Å². The monoisotopic (exact) mass is 396 g/mol. The van der Waals surface area contributed by atoms with Gasteiger partial charge in [0.15, 0.2) is 0 Å². The molecule has 3 amide bonds. The van der Waals surface area contributed by atoms with E-state index in [1.807, 2.05) is 0 Å². The Morgan fingerprint density at radius 2 is 1.57 bits per heavy atom. The fraction of sp³-hybridized carbons (Fsp3) is 0.550. The maximum Gasteiger partial charge on any atom is 0.416 e. The highest BCUT2D eigenvalue weighted by molar-refractivity contribution is 6.05. The van der Waals surface area contributed by atoms with Crippen molar-refractivity contribution in [3.8, 4) is 0 Å². The van der Waals surface area contributed by atoms with Crippen molar-refractivity contribution in [1.82, 2.24) is 4.90 Å². The largest absolute Gasteiger partial charge is 0.416 e. The normalized spacial score (nSPS) is 33.0. The number of imide groups is 1. The second kappa shape index (κ2) is 6.06. The standard InChI is InChI=1S/C20H23F3N2O3/c1-17(14(26)24-13-7-5-6-12(8-13)20(21,22)23)9-18(2)11-19(3,10-17)16(28)25(4)15(18)27/h5-8H,9-11H2,1-4H3,(H,24,26). The molecule has 1 aliphatic heterocycles. The summed E-state index contributed by atoms with van der Waals surface area (Å²) in [6.07, 6.45) is -3.72. The molecule has 152 valence electrons. The summed E-state index contributed by atoms with van der Waals surface area (Å²) in [5.74, 6) is -1.14. The van der Waals surface area contributed by atoms with E-state index in [9.17, 15) is 27.6 Å². The van der Waals surface area contributed by atoms with Gasteiger partial charge in [-0.25, -0.2) is 0 Å². The molecule has 1 aliphatic carbocycles. The molecule has 1 saturated heterocycles. The van der Waals surface area contributed by atoms with E-state index in [-0.39, 0.29) is 30.3 Å². The average Bonchev–Trinajstić information content (AvgIpc) is 2.57. The van der Waals surface area contributed by atoms with Crippen LogP contribution in [0.3, 0.4) is 0 Å². The van der Waals surface area contributed by atoms with Crippen molar-refractivity contribution in [2.45, 2.75) is 46.2 Å². The molecular weight excluding hydrogens is 373 g/mol. The Morgan fingerprint density at radius 1 is 1.04 bits per heavy atom. The van der Waals surface area contributed by atoms with Crippen LogP contribution in [0, 0.1) is 16.2 Å². The van der Waals surface area contributed by atoms with Gasteiger partial charge in [0.25, 0.3) is 0 Å². The second-order valence-corrected chi connectivity index (χ2v) is 8.91. The van der Waals surface area contributed by atoms with Crippen molar-refractivity contribution in [2.75, 3.05) is 12.4 Å². The number of hydrogen-bond donors (Lipinski definition) is 1. The summed E-state index contributed by atoms with van der Waals surface area (Å²) in [4.78, 5) is 39.5. The molecule has 2 atom stereocenters. The minimum Gasteiger partial charge on any atom is -0.326 e. The Kier molecular flexibility index (Phi) is 4.40. The van der Waals surface area contributed by atoms with Crippen LogP contribution in [0.25, 0.3) is 0 Å². The van der Waals surface area contributed by atoms with Gasteiger partial charge in [-0.3, -0.25) is 19.3 Å². The zero-order chi connectivity index (χ0) is 21.1. The maximum absolute atomic E-state index is 13.0. The lowest BCUT2D eigenvalue weighted by atomic mass is 9.51. The van der Waals surface area contributed by atoms with Crippen LogP contribution >= 0.6 is 0 Å². The van der Waals surface area contributed by atoms with E-state index in [0.29, 0.717) is 6.42 Å². The predicted molar refractivity (Wildman–Crippen MR) is 96.0 cm³/mol. The highest BCUT2D eigenvalue weighted by atomic mass is 19.4. The Morgan fingerprint density at radius 3 is 2.07 bits per heavy atom. The number of carbonyl (C=O) groups is 3. The van der Waals surface area contributed by atoms with Gasteiger partial charge < -0.3 is 5.32 Å². The Hall–Kier alpha value is -2.38. The second-order valence-electron chi connectivity index (χ2n) is 8.91. The topological polar surface area (TPSA) is 66.5 Å². The molecule has 2 unspecified atom stereocenters. The fourth-order valence-electron chi connectivity index (χ4n) is 5.19. The first kappa shape index (κ1) is 20.4. The Balaban J connectivity index is 1.90. The van der Waals surface area contributed by atoms with Crippen LogP contribution in [0.1, 0.15) is 45.6 Å². The van der Waals surface area contributed by atoms with Crippen LogP contribution in [0.15, 0.2) is 24.3 Å². The molecule has 1 aromatic rings. The van der Waals surface area contributed by atoms with Crippen LogP contribution in [0.5, 0.6) is 0 Å². The molecule has 5 nitrogen and oxygen atoms in total. The number of alkyl halides is 3. The summed E-state index contributed by atoms with van der Waals surface area (Å²) in [5.41, 5.74) is -3.66. The molecule has 1 aromatic carbocycles. The molecule has 0 spiro atoms. The van der Waals surface area contributed by atoms with Crippen molar-refractivity contribution >= 4 is 23.4 Å². The first-order valence-electron chi connectivity index (χ1n) is 9.02. The van der Waals surface area contributed by atoms with Crippen molar-refractivity contribution in [3.63, 3.8) is 0 Å². The number of likely N-dealkylation sites (tertiary alicyclic amines) is 1. The average molecular weight is 396 g/mol. The molecule has 1 N–H and O–H groups in total. The number of fused-ring (bicyclic) bond motifs is 2. The summed E-state index contributed by atoms with van der Waals surface area (Å²) in [5, 5.41) is 2.55. The van der Waals surface area contributed by atoms with E-state index in [1.54, 1.807) is 20.8 Å². The molecule has 3 rings (SSSR count). The SMILES string of the molecule is CN1C(=O)C2(C)CC(C)(C(=O)Nc3cccc(C(F)(F)F)c3)CC(C)(C2)C1=O. The number of nitrogens with one attached hydrogen (secondary N) is 1. The summed E-state index contributed by atoms with van der Waals surface area (Å²) >= 11 is 0. The van der Waals surface area contributed by atoms with Gasteiger partial charge in [0.1, 0.15) is 0 Å². The number of nitrogens with zero attached hydrogens (tertiary/aromatic N) is 1. The number of halogens is 3. The molecule has 8 heteroatoms. The van der Waals surface area contributed by atoms with E-state index < -0.39 is 33.9 Å². The number of rotatable bonds is 2. The first-order chi connectivity index (χ1) is 12.7. The molecule has 1 heterocycles. The first-order valence-corrected chi connectivity index (χ1v) is 9.02. The third-order valence-electron chi connectivity index (χ3n) is 5.98. The fourth-order valence-corrected chi connectivity index (χ4v) is 5.19. The minimum atomic E-state index is -4.52. The lowest BCUT2D eigenvalue weighted by Crippen LogP contribution is -2.63. The molecular formula is C20H23F3N2O3. The summed E-state index contributed by atoms with van der Waals surface area (Å²) in [7, 11) is 1.45. The zero-order valence-corrected chi connectivity index (χ0v) is 16.2. The summed E-state index contributed by atoms with van der Waals surface area (Å²) in [6, 6.07) is 4.41. The molecule has 0 radical (unpaired) electrons. The highest BCUT2D eigenvalue weighted by Gasteiger charge is 2.62. The molecule has 0 aromatic heterocycles. The Bertz CT molecular complexity index is 836. The van der Waals surface area contributed by atoms with E-state index in [0.717, 1.165) is 17.0 Å². The summed E-state index contributed by atoms with van der Waals surface area (Å²) in [6.45, 7) is 5.15. The molecule has 2 aliphatic rings. The number of benzene rings is 1. The summed E-state index contributed by atoms with van der Waals surface area (Å²) < 4.78 is 38.8. The van der Waals surface area contributed by atoms with Gasteiger partial charge in [0.05, 0.1) is 5.56 Å². The van der Waals surface area contributed by atoms with Crippen LogP contribution < -0.4 is 5.32 Å². The van der Waals surface area contributed by atoms with Crippen LogP contribution in [0.4, 0.5) is 18.9 Å². The van der Waals surface area contributed by atoms with Gasteiger partial charge in [-0.2, -0.15) is 13.2 Å². The van der Waals surface area contributed by atoms with Crippen molar-refractivity contribution in [3.05, 3.63) is 29.8 Å². The van der Waals surface area contributed by atoms with Crippen molar-refractivity contribution in [2.24, 2.45) is 16.2 Å². The lowest BCUT2D eigenvalue weighted by molar-refractivity contribution is -0.177. The quantitative estimate of drug-likeness (QED) is 0.773. The van der Waals surface area contributed by atoms with Gasteiger partial charge in [-0.1, -0.05) is 26.8 Å². The van der Waals surface area contributed by atoms with E-state index >= 15 is 0 Å². The van der Waals surface area contributed by atoms with E-state index in [4.69, 9.17) is 0 Å². The molecule has 1 saturated carbocycles. The van der Waals surface area contributed by atoms with E-state index in [2.05, 4.69) is 5.32 Å². The number of amides is 3. The number of piperidine rings is 1. The van der Waals surface area contributed by atoms with Gasteiger partial charge in [-0.15, -0.1) is 0 Å². The van der Waals surface area contributed by atoms with E-state index in [1.165, 1.54) is 19.2 Å². The smallest absolute Gasteiger partial charge is 0.326 e. The number of carbonyl (C=O) groups excluding carboxylic acids is 3. The van der Waals surface area contributed by atoms with Crippen LogP contribution in [-0.4, -0.2) is 29.7 Å². The van der Waals surface area contributed by atoms with Crippen molar-refractivity contribution < 1.29 is 27.6 Å². The van der Waals surface area contributed by atoms with Crippen LogP contribution in [0.2, 0.25) is 0 Å². The number of hydrogen-bond acceptors (Lipinski definition) is 3. The van der Waals surface area contributed by atoms with Gasteiger partial charge in [-0.05, 0) is 37.5 Å². The zero-order valence-electron chi connectivity index (χ0n) is 16.2. The predicted octanol–water partition coefficient (Wildman–Crippen LogP) is 3.85. The van der Waals surface area contributed by atoms with Gasteiger partial charge in [0.2, 0.25) is 17.7 Å². The maximum atomic E-state index is 13.0. The third-order valence-corrected chi connectivity index (χ3v) is 5.98. The van der Waals surface area contributed by atoms with Crippen LogP contribution in [-0.2, 0) is 20.6 Å². The highest BCUT2D eigenvalue weighted by Crippen LogP contribution is 2.58. The third kappa shape index (κ3) is 3.18. The van der Waals surface area contributed by atoms with Gasteiger partial charge in [0, 0.05) is 29.0 Å².